The number of H-pyrrole nitrogens is 1. The standard InChI is InChI=1S/C12H18N5O8P/c1-11(25-26(21,22)23)5(3-18)24-12(2,9(11)20)17-4-14-6-7(17)15-10(13)16-8(6)19/h4-5,9,18,20H,3H2,1-2H3,(H2,21,22,23)(H3,13,15,16,19)/t5-,9-,11-,12-/m1/s1. The fraction of sp³-hybridized carbons (Fsp3) is 0.583. The highest BCUT2D eigenvalue weighted by Crippen LogP contribution is 2.51. The van der Waals surface area contributed by atoms with Gasteiger partial charge in [0.05, 0.1) is 12.9 Å². The van der Waals surface area contributed by atoms with Gasteiger partial charge in [-0.3, -0.25) is 18.9 Å². The fourth-order valence-corrected chi connectivity index (χ4v) is 3.93. The van der Waals surface area contributed by atoms with Gasteiger partial charge in [-0.25, -0.2) is 9.55 Å². The number of phosphoric acid groups is 1. The second-order valence-electron chi connectivity index (χ2n) is 6.25. The Labute approximate surface area is 145 Å². The number of nitrogens with zero attached hydrogens (tertiary/aromatic N) is 3. The summed E-state index contributed by atoms with van der Waals surface area (Å²) in [5, 5.41) is 20.4. The van der Waals surface area contributed by atoms with Crippen LogP contribution in [0.15, 0.2) is 11.1 Å². The molecule has 0 bridgehead atoms. The number of anilines is 1. The largest absolute Gasteiger partial charge is 0.470 e. The Balaban J connectivity index is 2.16. The van der Waals surface area contributed by atoms with E-state index in [0.717, 1.165) is 6.33 Å². The summed E-state index contributed by atoms with van der Waals surface area (Å²) in [5.74, 6) is -0.201. The summed E-state index contributed by atoms with van der Waals surface area (Å²) in [6, 6.07) is 0. The number of rotatable bonds is 4. The normalized spacial score (nSPS) is 32.4. The lowest BCUT2D eigenvalue weighted by Gasteiger charge is -2.34. The number of aromatic nitrogens is 4. The van der Waals surface area contributed by atoms with E-state index in [2.05, 4.69) is 15.0 Å². The minimum atomic E-state index is -5.03. The zero-order chi connectivity index (χ0) is 19.5. The van der Waals surface area contributed by atoms with E-state index >= 15 is 0 Å². The van der Waals surface area contributed by atoms with E-state index in [4.69, 9.17) is 24.8 Å². The van der Waals surface area contributed by atoms with Gasteiger partial charge in [-0.2, -0.15) is 4.98 Å². The Bertz CT molecular complexity index is 955. The van der Waals surface area contributed by atoms with Gasteiger partial charge >= 0.3 is 7.82 Å². The number of phosphoric ester groups is 1. The van der Waals surface area contributed by atoms with Crippen LogP contribution < -0.4 is 11.3 Å². The number of nitrogens with one attached hydrogen (secondary N) is 1. The molecule has 1 fully saturated rings. The van der Waals surface area contributed by atoms with Crippen molar-refractivity contribution in [1.29, 1.82) is 0 Å². The van der Waals surface area contributed by atoms with Gasteiger partial charge in [-0.05, 0) is 13.8 Å². The summed E-state index contributed by atoms with van der Waals surface area (Å²) in [4.78, 5) is 40.4. The number of aliphatic hydroxyl groups is 2. The number of hydrogen-bond acceptors (Lipinski definition) is 9. The number of ether oxygens (including phenoxy) is 1. The SMILES string of the molecule is C[C@]1(OP(=O)(O)O)[C@@H](O)[C@](C)(n2cnc3c(=O)[nH]c(N)nc32)O[C@@H]1CO. The van der Waals surface area contributed by atoms with Crippen LogP contribution in [-0.2, 0) is 19.6 Å². The van der Waals surface area contributed by atoms with Crippen molar-refractivity contribution in [2.45, 2.75) is 37.4 Å². The minimum Gasteiger partial charge on any atom is -0.394 e. The first-order valence-corrected chi connectivity index (χ1v) is 8.92. The molecule has 0 radical (unpaired) electrons. The van der Waals surface area contributed by atoms with Gasteiger partial charge in [0.25, 0.3) is 5.56 Å². The molecule has 0 amide bonds. The molecule has 4 atom stereocenters. The number of imidazole rings is 1. The van der Waals surface area contributed by atoms with Crippen LogP contribution in [0.5, 0.6) is 0 Å². The molecule has 0 saturated carbocycles. The molecular weight excluding hydrogens is 373 g/mol. The van der Waals surface area contributed by atoms with Crippen molar-refractivity contribution in [1.82, 2.24) is 19.5 Å². The van der Waals surface area contributed by atoms with Gasteiger partial charge in [0.1, 0.15) is 17.8 Å². The average molecular weight is 391 g/mol. The Morgan fingerprint density at radius 3 is 2.73 bits per heavy atom. The van der Waals surface area contributed by atoms with Crippen molar-refractivity contribution in [2.24, 2.45) is 0 Å². The van der Waals surface area contributed by atoms with Crippen LogP contribution in [-0.4, -0.2) is 63.9 Å². The third-order valence-electron chi connectivity index (χ3n) is 4.46. The Hall–Kier alpha value is -1.86. The average Bonchev–Trinajstić information content (AvgIpc) is 3.00. The maximum atomic E-state index is 11.9. The van der Waals surface area contributed by atoms with Crippen LogP contribution in [0.25, 0.3) is 11.2 Å². The van der Waals surface area contributed by atoms with E-state index in [1.54, 1.807) is 0 Å². The molecule has 26 heavy (non-hydrogen) atoms. The lowest BCUT2D eigenvalue weighted by atomic mass is 9.91. The lowest BCUT2D eigenvalue weighted by Crippen LogP contribution is -2.51. The zero-order valence-electron chi connectivity index (χ0n) is 13.7. The fourth-order valence-electron chi connectivity index (χ4n) is 3.20. The van der Waals surface area contributed by atoms with Crippen LogP contribution in [0, 0.1) is 0 Å². The molecule has 1 saturated heterocycles. The first kappa shape index (κ1) is 18.9. The third kappa shape index (κ3) is 2.74. The predicted molar refractivity (Wildman–Crippen MR) is 85.7 cm³/mol. The van der Waals surface area contributed by atoms with E-state index in [0.29, 0.717) is 0 Å². The molecular formula is C12H18N5O8P. The molecule has 3 rings (SSSR count). The molecule has 3 heterocycles. The summed E-state index contributed by atoms with van der Waals surface area (Å²) >= 11 is 0. The van der Waals surface area contributed by atoms with Gasteiger partial charge in [-0.1, -0.05) is 0 Å². The van der Waals surface area contributed by atoms with Crippen LogP contribution in [0.2, 0.25) is 0 Å². The first-order valence-electron chi connectivity index (χ1n) is 7.39. The van der Waals surface area contributed by atoms with Crippen molar-refractivity contribution in [2.75, 3.05) is 12.3 Å². The molecule has 14 heteroatoms. The summed E-state index contributed by atoms with van der Waals surface area (Å²) < 4.78 is 22.9. The third-order valence-corrected chi connectivity index (χ3v) is 5.09. The lowest BCUT2D eigenvalue weighted by molar-refractivity contribution is -0.132. The molecule has 2 aromatic heterocycles. The smallest absolute Gasteiger partial charge is 0.394 e. The number of nitrogen functional groups attached to an aromatic ring is 1. The zero-order valence-corrected chi connectivity index (χ0v) is 14.6. The van der Waals surface area contributed by atoms with E-state index in [9.17, 15) is 19.6 Å². The molecule has 0 aliphatic carbocycles. The van der Waals surface area contributed by atoms with Crippen molar-refractivity contribution < 1.29 is 33.8 Å². The van der Waals surface area contributed by atoms with Crippen LogP contribution in [0.3, 0.4) is 0 Å². The van der Waals surface area contributed by atoms with E-state index < -0.39 is 43.5 Å². The van der Waals surface area contributed by atoms with Crippen molar-refractivity contribution in [3.05, 3.63) is 16.7 Å². The topological polar surface area (TPSA) is 206 Å². The van der Waals surface area contributed by atoms with Crippen LogP contribution in [0.4, 0.5) is 5.95 Å². The van der Waals surface area contributed by atoms with Crippen molar-refractivity contribution in [3.63, 3.8) is 0 Å². The van der Waals surface area contributed by atoms with Gasteiger partial charge in [0.15, 0.2) is 16.9 Å². The Kier molecular flexibility index (Phi) is 4.24. The van der Waals surface area contributed by atoms with E-state index in [1.807, 2.05) is 0 Å². The number of hydrogen-bond donors (Lipinski definition) is 6. The molecule has 0 aromatic carbocycles. The van der Waals surface area contributed by atoms with Gasteiger partial charge in [0.2, 0.25) is 5.95 Å². The van der Waals surface area contributed by atoms with Crippen LogP contribution >= 0.6 is 7.82 Å². The van der Waals surface area contributed by atoms with Crippen LogP contribution in [0.1, 0.15) is 13.8 Å². The minimum absolute atomic E-state index is 0.0232. The van der Waals surface area contributed by atoms with Gasteiger partial charge < -0.3 is 30.5 Å². The molecule has 0 spiro atoms. The maximum absolute atomic E-state index is 11.9. The molecule has 7 N–H and O–H groups in total. The van der Waals surface area contributed by atoms with E-state index in [-0.39, 0.29) is 17.1 Å². The number of aliphatic hydroxyl groups excluding tert-OH is 2. The second-order valence-corrected chi connectivity index (χ2v) is 7.41. The Morgan fingerprint density at radius 2 is 2.15 bits per heavy atom. The van der Waals surface area contributed by atoms with Crippen molar-refractivity contribution in [3.8, 4) is 0 Å². The molecule has 1 aliphatic heterocycles. The molecule has 13 nitrogen and oxygen atoms in total. The van der Waals surface area contributed by atoms with Crippen molar-refractivity contribution >= 4 is 24.9 Å². The second kappa shape index (κ2) is 5.82. The summed E-state index contributed by atoms with van der Waals surface area (Å²) in [5.41, 5.74) is 1.13. The first-order chi connectivity index (χ1) is 11.9. The van der Waals surface area contributed by atoms with Gasteiger partial charge in [0, 0.05) is 0 Å². The highest BCUT2D eigenvalue weighted by atomic mass is 31.2. The van der Waals surface area contributed by atoms with E-state index in [1.165, 1.54) is 18.4 Å². The molecule has 1 aliphatic rings. The monoisotopic (exact) mass is 391 g/mol. The highest BCUT2D eigenvalue weighted by Gasteiger charge is 2.63. The maximum Gasteiger partial charge on any atom is 0.470 e. The number of fused-ring (bicyclic) bond motifs is 1. The van der Waals surface area contributed by atoms with Gasteiger partial charge in [-0.15, -0.1) is 0 Å². The number of nitrogens with two attached hydrogens (primary N) is 1. The molecule has 144 valence electrons. The summed E-state index contributed by atoms with van der Waals surface area (Å²) in [6.07, 6.45) is -1.82. The molecule has 2 aromatic rings. The highest BCUT2D eigenvalue weighted by molar-refractivity contribution is 7.46. The Morgan fingerprint density at radius 1 is 1.50 bits per heavy atom. The molecule has 0 unspecified atom stereocenters. The quantitative estimate of drug-likeness (QED) is 0.314. The summed E-state index contributed by atoms with van der Waals surface area (Å²) in [7, 11) is -5.03. The predicted octanol–water partition coefficient (Wildman–Crippen LogP) is -2.01. The summed E-state index contributed by atoms with van der Waals surface area (Å²) in [6.45, 7) is 1.86. The number of aromatic amines is 1.